The van der Waals surface area contributed by atoms with Gasteiger partial charge in [-0.1, -0.05) is 36.4 Å². The van der Waals surface area contributed by atoms with Crippen molar-refractivity contribution in [2.45, 2.75) is 12.7 Å². The van der Waals surface area contributed by atoms with Crippen molar-refractivity contribution < 1.29 is 46.3 Å². The maximum absolute atomic E-state index is 14.7. The number of aromatic amines is 1. The number of benzene rings is 2. The van der Waals surface area contributed by atoms with Gasteiger partial charge in [-0.25, -0.2) is 9.37 Å². The van der Waals surface area contributed by atoms with Gasteiger partial charge in [-0.2, -0.15) is 17.6 Å². The number of fused-ring (bicyclic) bond motifs is 2. The Kier molecular flexibility index (Phi) is 7.69. The minimum Gasteiger partial charge on any atom is -0.542 e. The summed E-state index contributed by atoms with van der Waals surface area (Å²) in [6, 6.07) is 16.7. The van der Waals surface area contributed by atoms with Gasteiger partial charge >= 0.3 is 17.9 Å². The van der Waals surface area contributed by atoms with E-state index in [0.29, 0.717) is 36.8 Å². The summed E-state index contributed by atoms with van der Waals surface area (Å²) in [6.07, 6.45) is -3.48. The van der Waals surface area contributed by atoms with E-state index in [9.17, 15) is 22.4 Å². The minimum absolute atomic E-state index is 0.306. The fraction of sp³-hybridized carbons (Fsp3) is 0.240. The zero-order chi connectivity index (χ0) is 26.6. The molecule has 0 aliphatic carbocycles. The molecule has 1 amide bonds. The number of ether oxygens (including phenoxy) is 1. The lowest BCUT2D eigenvalue weighted by molar-refractivity contribution is -0.921. The Morgan fingerprint density at radius 1 is 1.05 bits per heavy atom. The number of nitrogens with zero attached hydrogens (tertiary/aromatic N) is 1. The van der Waals surface area contributed by atoms with E-state index in [1.54, 1.807) is 16.7 Å². The number of hydrogen-bond acceptors (Lipinski definition) is 4. The fourth-order valence-corrected chi connectivity index (χ4v) is 4.12. The lowest BCUT2D eigenvalue weighted by Crippen LogP contribution is -3.12. The van der Waals surface area contributed by atoms with Gasteiger partial charge in [0.25, 0.3) is 0 Å². The number of carboxylic acids is 1. The topological polar surface area (TPSA) is 103 Å². The number of carbonyl (C=O) groups is 2. The molecule has 0 bridgehead atoms. The molecule has 37 heavy (non-hydrogen) atoms. The van der Waals surface area contributed by atoms with E-state index in [4.69, 9.17) is 14.6 Å². The number of morpholine rings is 1. The first-order valence-electron chi connectivity index (χ1n) is 11.3. The molecule has 4 aromatic rings. The number of alkyl halides is 3. The molecule has 3 N–H and O–H groups in total. The minimum atomic E-state index is -5.19. The number of aliphatic carboxylic acids is 1. The third-order valence-electron chi connectivity index (χ3n) is 5.85. The van der Waals surface area contributed by atoms with Gasteiger partial charge in [0.2, 0.25) is 11.2 Å². The van der Waals surface area contributed by atoms with Crippen molar-refractivity contribution >= 4 is 33.9 Å². The Morgan fingerprint density at radius 2 is 1.73 bits per heavy atom. The summed E-state index contributed by atoms with van der Waals surface area (Å²) < 4.78 is 53.3. The number of carbonyl (C=O) groups excluding carboxylic acids is 2. The molecule has 2 aromatic carbocycles. The van der Waals surface area contributed by atoms with Crippen molar-refractivity contribution in [1.82, 2.24) is 4.98 Å². The summed E-state index contributed by atoms with van der Waals surface area (Å²) in [5.74, 6) is -3.36. The molecule has 0 spiro atoms. The van der Waals surface area contributed by atoms with Crippen LogP contribution in [0.4, 0.5) is 23.2 Å². The van der Waals surface area contributed by atoms with Gasteiger partial charge < -0.3 is 24.9 Å². The van der Waals surface area contributed by atoms with E-state index in [1.807, 2.05) is 42.5 Å². The number of quaternary nitrogens is 1. The molecule has 1 aliphatic rings. The third kappa shape index (κ3) is 6.04. The van der Waals surface area contributed by atoms with Gasteiger partial charge in [0.05, 0.1) is 19.4 Å². The summed E-state index contributed by atoms with van der Waals surface area (Å²) in [4.78, 5) is 26.5. The Hall–Kier alpha value is -4.03. The molecule has 0 radical (unpaired) electrons. The maximum Gasteiger partial charge on any atom is 0.430 e. The number of hydrogen-bond donors (Lipinski definition) is 3. The molecule has 194 valence electrons. The van der Waals surface area contributed by atoms with Crippen molar-refractivity contribution in [1.29, 1.82) is 0 Å². The summed E-state index contributed by atoms with van der Waals surface area (Å²) in [5.41, 5.74) is 1.85. The Bertz CT molecular complexity index is 1430. The molecule has 8 nitrogen and oxygen atoms in total. The lowest BCUT2D eigenvalue weighted by Gasteiger charge is -2.22. The highest BCUT2D eigenvalue weighted by molar-refractivity contribution is 6.07. The van der Waals surface area contributed by atoms with Crippen molar-refractivity contribution in [3.8, 4) is 0 Å². The number of pyridine rings is 1. The number of halogens is 4. The van der Waals surface area contributed by atoms with Crippen LogP contribution in [-0.4, -0.2) is 49.3 Å². The molecule has 3 heterocycles. The van der Waals surface area contributed by atoms with Crippen LogP contribution >= 0.6 is 0 Å². The highest BCUT2D eigenvalue weighted by Gasteiger charge is 2.30. The standard InChI is InChI=1S/C23H21FN4O2.C2HF3O2/c24-18-8-4-10-28-21(18)20(15-27-11-13-30-14-12-27)25-22(28)23(29)26-19-9-3-6-16-5-1-2-7-17(16)19;3-2(4,5)1(6)7/h1-10H,11-15H2,(H,26,29);(H,6,7)/p+1. The first-order valence-corrected chi connectivity index (χ1v) is 11.3. The van der Waals surface area contributed by atoms with Crippen molar-refractivity contribution in [2.24, 2.45) is 0 Å². The Balaban J connectivity index is 0.000000405. The second-order valence-corrected chi connectivity index (χ2v) is 8.33. The maximum atomic E-state index is 14.7. The van der Waals surface area contributed by atoms with Gasteiger partial charge in [-0.3, -0.25) is 4.79 Å². The monoisotopic (exact) mass is 519 g/mol. The van der Waals surface area contributed by atoms with Crippen LogP contribution in [0.5, 0.6) is 0 Å². The molecule has 12 heteroatoms. The summed E-state index contributed by atoms with van der Waals surface area (Å²) in [5, 5.41) is 13.8. The summed E-state index contributed by atoms with van der Waals surface area (Å²) in [7, 11) is 0. The SMILES string of the molecule is O=C(Nc1cccc2ccccc12)c1[nH]c(C[NH+]2CCOCC2)c2c(F)ccc[n+]12.O=C([O-])C(F)(F)F. The van der Waals surface area contributed by atoms with Crippen molar-refractivity contribution in [2.75, 3.05) is 31.6 Å². The van der Waals surface area contributed by atoms with E-state index < -0.39 is 12.1 Å². The van der Waals surface area contributed by atoms with Crippen LogP contribution in [0.15, 0.2) is 60.8 Å². The number of anilines is 1. The van der Waals surface area contributed by atoms with Crippen LogP contribution in [0.3, 0.4) is 0 Å². The van der Waals surface area contributed by atoms with E-state index in [-0.39, 0.29) is 11.7 Å². The average molecular weight is 519 g/mol. The molecule has 0 saturated carbocycles. The first kappa shape index (κ1) is 26.0. The van der Waals surface area contributed by atoms with Gasteiger partial charge in [0.1, 0.15) is 25.6 Å². The number of amides is 1. The number of H-pyrrole nitrogens is 1. The second kappa shape index (κ2) is 10.9. The van der Waals surface area contributed by atoms with Crippen LogP contribution < -0.4 is 19.7 Å². The normalized spacial score (nSPS) is 14.3. The third-order valence-corrected chi connectivity index (χ3v) is 5.85. The summed E-state index contributed by atoms with van der Waals surface area (Å²) >= 11 is 0. The Labute approximate surface area is 208 Å². The number of nitrogens with one attached hydrogen (secondary N) is 3. The molecule has 0 unspecified atom stereocenters. The van der Waals surface area contributed by atoms with Gasteiger partial charge in [0, 0.05) is 11.1 Å². The van der Waals surface area contributed by atoms with Crippen LogP contribution in [0, 0.1) is 5.82 Å². The molecule has 0 atom stereocenters. The molecule has 1 fully saturated rings. The first-order chi connectivity index (χ1) is 17.6. The van der Waals surface area contributed by atoms with E-state index in [2.05, 4.69) is 10.3 Å². The molecule has 2 aromatic heterocycles. The zero-order valence-corrected chi connectivity index (χ0v) is 19.4. The van der Waals surface area contributed by atoms with Gasteiger partial charge in [-0.05, 0) is 23.6 Å². The largest absolute Gasteiger partial charge is 0.542 e. The zero-order valence-electron chi connectivity index (χ0n) is 19.4. The van der Waals surface area contributed by atoms with Crippen molar-refractivity contribution in [3.05, 3.63) is 78.1 Å². The van der Waals surface area contributed by atoms with Crippen LogP contribution in [0.25, 0.3) is 16.3 Å². The number of imidazole rings is 1. The number of carboxylic acid groups (broad SMARTS) is 1. The van der Waals surface area contributed by atoms with Gasteiger partial charge in [-0.15, -0.1) is 0 Å². The van der Waals surface area contributed by atoms with Crippen molar-refractivity contribution in [3.63, 3.8) is 0 Å². The van der Waals surface area contributed by atoms with E-state index in [0.717, 1.165) is 29.5 Å². The molecular formula is C25H23F4N4O4+. The highest BCUT2D eigenvalue weighted by atomic mass is 19.4. The molecule has 1 aliphatic heterocycles. The predicted molar refractivity (Wildman–Crippen MR) is 122 cm³/mol. The highest BCUT2D eigenvalue weighted by Crippen LogP contribution is 2.23. The molecule has 5 rings (SSSR count). The van der Waals surface area contributed by atoms with Gasteiger partial charge in [0.15, 0.2) is 5.82 Å². The van der Waals surface area contributed by atoms with Crippen LogP contribution in [0.1, 0.15) is 16.3 Å². The molecular weight excluding hydrogens is 496 g/mol. The number of rotatable bonds is 4. The average Bonchev–Trinajstić information content (AvgIpc) is 3.24. The second-order valence-electron chi connectivity index (χ2n) is 8.33. The van der Waals surface area contributed by atoms with E-state index >= 15 is 0 Å². The van der Waals surface area contributed by atoms with E-state index in [1.165, 1.54) is 11.0 Å². The predicted octanol–water partition coefficient (Wildman–Crippen LogP) is 1.01. The number of aromatic nitrogens is 2. The smallest absolute Gasteiger partial charge is 0.430 e. The molecule has 1 saturated heterocycles. The summed E-state index contributed by atoms with van der Waals surface area (Å²) in [6.45, 7) is 3.71. The van der Waals surface area contributed by atoms with Crippen LogP contribution in [0.2, 0.25) is 0 Å². The quantitative estimate of drug-likeness (QED) is 0.277. The Morgan fingerprint density at radius 3 is 2.43 bits per heavy atom. The fourth-order valence-electron chi connectivity index (χ4n) is 4.12. The van der Waals surface area contributed by atoms with Crippen LogP contribution in [-0.2, 0) is 16.1 Å². The lowest BCUT2D eigenvalue weighted by atomic mass is 10.1.